The Morgan fingerprint density at radius 2 is 1.75 bits per heavy atom. The molecule has 0 aliphatic carbocycles. The van der Waals surface area contributed by atoms with Gasteiger partial charge in [-0.1, -0.05) is 24.3 Å². The Morgan fingerprint density at radius 3 is 2.46 bits per heavy atom. The second-order valence-electron chi connectivity index (χ2n) is 5.47. The summed E-state index contributed by atoms with van der Waals surface area (Å²) in [4.78, 5) is 4.81. The van der Waals surface area contributed by atoms with Crippen molar-refractivity contribution in [1.29, 1.82) is 0 Å². The Hall–Kier alpha value is -1.85. The number of nitrogens with one attached hydrogen (secondary N) is 1. The van der Waals surface area contributed by atoms with E-state index in [0.717, 1.165) is 42.9 Å². The topological polar surface area (TPSA) is 33.6 Å². The van der Waals surface area contributed by atoms with Crippen LogP contribution in [0.4, 0.5) is 11.4 Å². The highest BCUT2D eigenvalue weighted by atomic mass is 79.9. The Labute approximate surface area is 157 Å². The lowest BCUT2D eigenvalue weighted by Gasteiger charge is -2.20. The van der Waals surface area contributed by atoms with Gasteiger partial charge in [0.25, 0.3) is 0 Å². The molecule has 5 heteroatoms. The molecule has 0 unspecified atom stereocenters. The molecule has 1 aliphatic rings. The molecular formula is C19H14Br2N2O. The minimum absolute atomic E-state index is 0.616. The molecule has 0 amide bonds. The predicted molar refractivity (Wildman–Crippen MR) is 107 cm³/mol. The summed E-state index contributed by atoms with van der Waals surface area (Å²) in [6.45, 7) is 2.59. The zero-order valence-electron chi connectivity index (χ0n) is 12.9. The van der Waals surface area contributed by atoms with Crippen LogP contribution >= 0.6 is 31.9 Å². The maximum Gasteiger partial charge on any atom is 0.147 e. The lowest BCUT2D eigenvalue weighted by Crippen LogP contribution is -2.16. The van der Waals surface area contributed by atoms with Gasteiger partial charge in [0.05, 0.1) is 21.2 Å². The first-order valence-electron chi connectivity index (χ1n) is 7.67. The van der Waals surface area contributed by atoms with Gasteiger partial charge in [0.15, 0.2) is 0 Å². The zero-order valence-corrected chi connectivity index (χ0v) is 16.1. The second kappa shape index (κ2) is 6.22. The number of aliphatic imine (C=N–C) groups is 1. The Balaban J connectivity index is 1.84. The molecule has 3 nitrogen and oxygen atoms in total. The van der Waals surface area contributed by atoms with Crippen LogP contribution in [0.5, 0.6) is 5.75 Å². The van der Waals surface area contributed by atoms with Crippen molar-refractivity contribution in [3.05, 3.63) is 63.0 Å². The molecule has 1 N–H and O–H groups in total. The van der Waals surface area contributed by atoms with E-state index in [1.807, 2.05) is 31.2 Å². The lowest BCUT2D eigenvalue weighted by atomic mass is 10.0. The van der Waals surface area contributed by atoms with Crippen molar-refractivity contribution in [2.45, 2.75) is 6.92 Å². The second-order valence-corrected chi connectivity index (χ2v) is 7.18. The fraction of sp³-hybridized carbons (Fsp3) is 0.105. The average Bonchev–Trinajstić information content (AvgIpc) is 2.58. The minimum Gasteiger partial charge on any atom is -0.492 e. The van der Waals surface area contributed by atoms with Crippen molar-refractivity contribution in [2.24, 2.45) is 4.99 Å². The van der Waals surface area contributed by atoms with Gasteiger partial charge in [-0.2, -0.15) is 0 Å². The first-order chi connectivity index (χ1) is 11.7. The molecule has 0 fully saturated rings. The van der Waals surface area contributed by atoms with Crippen molar-refractivity contribution in [1.82, 2.24) is 0 Å². The highest BCUT2D eigenvalue weighted by molar-refractivity contribution is 9.11. The van der Waals surface area contributed by atoms with Gasteiger partial charge in [-0.05, 0) is 68.4 Å². The van der Waals surface area contributed by atoms with E-state index < -0.39 is 0 Å². The number of amidine groups is 1. The van der Waals surface area contributed by atoms with E-state index in [1.165, 1.54) is 5.39 Å². The van der Waals surface area contributed by atoms with E-state index in [9.17, 15) is 0 Å². The van der Waals surface area contributed by atoms with Crippen molar-refractivity contribution in [3.8, 4) is 5.75 Å². The van der Waals surface area contributed by atoms with Gasteiger partial charge in [0.1, 0.15) is 11.6 Å². The molecule has 4 rings (SSSR count). The molecule has 0 atom stereocenters. The number of ether oxygens (including phenoxy) is 1. The molecule has 0 aromatic heterocycles. The van der Waals surface area contributed by atoms with Crippen LogP contribution in [-0.2, 0) is 0 Å². The van der Waals surface area contributed by atoms with Crippen molar-refractivity contribution < 1.29 is 4.74 Å². The van der Waals surface area contributed by atoms with E-state index >= 15 is 0 Å². The summed E-state index contributed by atoms with van der Waals surface area (Å²) in [5, 5.41) is 5.80. The Kier molecular flexibility index (Phi) is 4.06. The first kappa shape index (κ1) is 15.7. The molecular weight excluding hydrogens is 432 g/mol. The van der Waals surface area contributed by atoms with Gasteiger partial charge in [0, 0.05) is 16.6 Å². The van der Waals surface area contributed by atoms with Crippen LogP contribution in [0, 0.1) is 0 Å². The fourth-order valence-electron chi connectivity index (χ4n) is 2.91. The van der Waals surface area contributed by atoms with Gasteiger partial charge in [0.2, 0.25) is 0 Å². The molecule has 1 aliphatic heterocycles. The average molecular weight is 446 g/mol. The molecule has 0 spiro atoms. The first-order valence-corrected chi connectivity index (χ1v) is 9.25. The molecule has 3 aromatic carbocycles. The smallest absolute Gasteiger partial charge is 0.147 e. The van der Waals surface area contributed by atoms with Crippen LogP contribution in [0.3, 0.4) is 0 Å². The van der Waals surface area contributed by atoms with Crippen molar-refractivity contribution >= 4 is 59.8 Å². The monoisotopic (exact) mass is 444 g/mol. The van der Waals surface area contributed by atoms with E-state index in [0.29, 0.717) is 6.61 Å². The third-order valence-corrected chi connectivity index (χ3v) is 5.11. The maximum absolute atomic E-state index is 5.66. The van der Waals surface area contributed by atoms with E-state index in [4.69, 9.17) is 9.73 Å². The molecule has 24 heavy (non-hydrogen) atoms. The number of nitrogens with zero attached hydrogens (tertiary/aromatic N) is 1. The highest BCUT2D eigenvalue weighted by Gasteiger charge is 2.18. The summed E-state index contributed by atoms with van der Waals surface area (Å²) >= 11 is 7.18. The van der Waals surface area contributed by atoms with E-state index in [2.05, 4.69) is 61.4 Å². The van der Waals surface area contributed by atoms with Gasteiger partial charge < -0.3 is 10.1 Å². The maximum atomic E-state index is 5.66. The third-order valence-electron chi connectivity index (χ3n) is 3.93. The number of rotatable bonds is 3. The third kappa shape index (κ3) is 2.62. The molecule has 0 saturated heterocycles. The lowest BCUT2D eigenvalue weighted by molar-refractivity contribution is 0.336. The molecule has 1 heterocycles. The Morgan fingerprint density at radius 1 is 1.04 bits per heavy atom. The summed E-state index contributed by atoms with van der Waals surface area (Å²) in [5.41, 5.74) is 3.05. The summed E-state index contributed by atoms with van der Waals surface area (Å²) in [6.07, 6.45) is 0. The van der Waals surface area contributed by atoms with Crippen LogP contribution in [0.25, 0.3) is 10.8 Å². The highest BCUT2D eigenvalue weighted by Crippen LogP contribution is 2.39. The fourth-order valence-corrected chi connectivity index (χ4v) is 4.33. The summed E-state index contributed by atoms with van der Waals surface area (Å²) < 4.78 is 7.46. The normalized spacial score (nSPS) is 12.7. The quantitative estimate of drug-likeness (QED) is 0.515. The summed E-state index contributed by atoms with van der Waals surface area (Å²) in [6, 6.07) is 16.5. The molecule has 0 radical (unpaired) electrons. The van der Waals surface area contributed by atoms with Crippen LogP contribution in [0.2, 0.25) is 0 Å². The van der Waals surface area contributed by atoms with Crippen LogP contribution < -0.4 is 10.1 Å². The van der Waals surface area contributed by atoms with E-state index in [1.54, 1.807) is 0 Å². The largest absolute Gasteiger partial charge is 0.492 e. The molecule has 3 aromatic rings. The number of hydrogen-bond donors (Lipinski definition) is 1. The SMILES string of the molecule is CCOc1c(Br)cc(C2=Nc3cccc4cccc(c34)N2)cc1Br. The molecule has 0 bridgehead atoms. The van der Waals surface area contributed by atoms with Gasteiger partial charge in [-0.3, -0.25) is 0 Å². The minimum atomic E-state index is 0.616. The predicted octanol–water partition coefficient (Wildman–Crippen LogP) is 6.27. The molecule has 0 saturated carbocycles. The summed E-state index contributed by atoms with van der Waals surface area (Å²) in [7, 11) is 0. The number of halogens is 2. The Bertz CT molecular complexity index is 954. The van der Waals surface area contributed by atoms with Crippen LogP contribution in [0.1, 0.15) is 12.5 Å². The zero-order chi connectivity index (χ0) is 16.7. The van der Waals surface area contributed by atoms with Crippen LogP contribution in [-0.4, -0.2) is 12.4 Å². The van der Waals surface area contributed by atoms with Crippen molar-refractivity contribution in [2.75, 3.05) is 11.9 Å². The summed E-state index contributed by atoms with van der Waals surface area (Å²) in [5.74, 6) is 1.63. The van der Waals surface area contributed by atoms with Gasteiger partial charge in [-0.15, -0.1) is 0 Å². The standard InChI is InChI=1S/C19H14Br2N2O/c1-2-24-18-13(20)9-12(10-14(18)21)19-22-15-7-3-5-11-6-4-8-16(23-19)17(11)15/h3-10H,2H2,1H3,(H,22,23). The van der Waals surface area contributed by atoms with Crippen molar-refractivity contribution in [3.63, 3.8) is 0 Å². The van der Waals surface area contributed by atoms with Gasteiger partial charge in [-0.25, -0.2) is 4.99 Å². The van der Waals surface area contributed by atoms with Crippen LogP contribution in [0.15, 0.2) is 62.5 Å². The number of hydrogen-bond acceptors (Lipinski definition) is 3. The van der Waals surface area contributed by atoms with E-state index in [-0.39, 0.29) is 0 Å². The number of benzene rings is 3. The number of anilines is 1. The molecule has 120 valence electrons. The van der Waals surface area contributed by atoms with Gasteiger partial charge >= 0.3 is 0 Å².